The van der Waals surface area contributed by atoms with Gasteiger partial charge in [-0.05, 0) is 18.9 Å². The minimum absolute atomic E-state index is 0.0592. The third kappa shape index (κ3) is 3.05. The maximum absolute atomic E-state index is 12.8. The normalized spacial score (nSPS) is 29.1. The molecule has 0 unspecified atom stereocenters. The van der Waals surface area contributed by atoms with Crippen molar-refractivity contribution in [1.29, 1.82) is 0 Å². The lowest BCUT2D eigenvalue weighted by Crippen LogP contribution is -2.44. The molecule has 0 aromatic carbocycles. The van der Waals surface area contributed by atoms with Gasteiger partial charge in [-0.15, -0.1) is 0 Å². The summed E-state index contributed by atoms with van der Waals surface area (Å²) in [7, 11) is 0. The molecule has 1 aromatic rings. The number of H-pyrrole nitrogens is 1. The first kappa shape index (κ1) is 18.2. The topological polar surface area (TPSA) is 107 Å². The van der Waals surface area contributed by atoms with Crippen LogP contribution in [0.25, 0.3) is 0 Å². The average molecular weight is 374 g/mol. The summed E-state index contributed by atoms with van der Waals surface area (Å²) in [6.07, 6.45) is 6.00. The van der Waals surface area contributed by atoms with Crippen molar-refractivity contribution in [2.24, 2.45) is 11.3 Å². The number of rotatable bonds is 4. The van der Waals surface area contributed by atoms with Crippen molar-refractivity contribution in [1.82, 2.24) is 20.0 Å². The van der Waals surface area contributed by atoms with Crippen molar-refractivity contribution in [3.8, 4) is 0 Å². The average Bonchev–Trinajstić information content (AvgIpc) is 3.34. The van der Waals surface area contributed by atoms with Crippen molar-refractivity contribution in [2.45, 2.75) is 45.1 Å². The van der Waals surface area contributed by atoms with Gasteiger partial charge in [0.25, 0.3) is 5.91 Å². The number of amides is 1. The van der Waals surface area contributed by atoms with E-state index in [0.717, 1.165) is 19.4 Å². The molecule has 146 valence electrons. The Morgan fingerprint density at radius 2 is 1.93 bits per heavy atom. The number of carbonyl (C=O) groups excluding carboxylic acids is 2. The van der Waals surface area contributed by atoms with E-state index in [1.807, 2.05) is 0 Å². The summed E-state index contributed by atoms with van der Waals surface area (Å²) >= 11 is 0. The molecular formula is C19H26N4O4. The SMILES string of the molecule is CC(=O)c1cc(C(=O)N2C[C@H]3CN(C4CCCCC4)C[C@@]3(C(=O)O)C2)[nH]n1. The summed E-state index contributed by atoms with van der Waals surface area (Å²) in [4.78, 5) is 40.4. The monoisotopic (exact) mass is 374 g/mol. The first-order valence-corrected chi connectivity index (χ1v) is 9.74. The number of Topliss-reactive ketones (excluding diaryl/α,β-unsaturated/α-hetero) is 1. The van der Waals surface area contributed by atoms with E-state index >= 15 is 0 Å². The van der Waals surface area contributed by atoms with Crippen molar-refractivity contribution < 1.29 is 19.5 Å². The summed E-state index contributed by atoms with van der Waals surface area (Å²) in [5, 5.41) is 16.5. The Balaban J connectivity index is 1.50. The Labute approximate surface area is 157 Å². The highest BCUT2D eigenvalue weighted by Crippen LogP contribution is 2.45. The number of likely N-dealkylation sites (tertiary alicyclic amines) is 2. The molecule has 8 heteroatoms. The second kappa shape index (κ2) is 6.74. The Morgan fingerprint density at radius 1 is 1.19 bits per heavy atom. The predicted molar refractivity (Wildman–Crippen MR) is 96.5 cm³/mol. The molecule has 27 heavy (non-hydrogen) atoms. The number of aliphatic carboxylic acids is 1. The molecule has 0 radical (unpaired) electrons. The Bertz CT molecular complexity index is 770. The fraction of sp³-hybridized carbons (Fsp3) is 0.684. The first-order valence-electron chi connectivity index (χ1n) is 9.74. The van der Waals surface area contributed by atoms with Gasteiger partial charge in [-0.1, -0.05) is 19.3 Å². The number of nitrogens with zero attached hydrogens (tertiary/aromatic N) is 3. The molecule has 3 aliphatic rings. The highest BCUT2D eigenvalue weighted by atomic mass is 16.4. The van der Waals surface area contributed by atoms with E-state index < -0.39 is 11.4 Å². The van der Waals surface area contributed by atoms with Crippen LogP contribution >= 0.6 is 0 Å². The third-order valence-electron chi connectivity index (χ3n) is 6.61. The zero-order chi connectivity index (χ0) is 19.2. The lowest BCUT2D eigenvalue weighted by molar-refractivity contribution is -0.148. The van der Waals surface area contributed by atoms with E-state index in [4.69, 9.17) is 0 Å². The number of aromatic amines is 1. The number of fused-ring (bicyclic) bond motifs is 1. The van der Waals surface area contributed by atoms with Crippen LogP contribution in [0.3, 0.4) is 0 Å². The van der Waals surface area contributed by atoms with Gasteiger partial charge in [0, 0.05) is 45.1 Å². The molecule has 1 aromatic heterocycles. The first-order chi connectivity index (χ1) is 12.9. The fourth-order valence-electron chi connectivity index (χ4n) is 5.07. The highest BCUT2D eigenvalue weighted by Gasteiger charge is 2.59. The van der Waals surface area contributed by atoms with Gasteiger partial charge in [-0.3, -0.25) is 24.4 Å². The van der Waals surface area contributed by atoms with Crippen molar-refractivity contribution in [3.05, 3.63) is 17.5 Å². The van der Waals surface area contributed by atoms with Crippen molar-refractivity contribution in [2.75, 3.05) is 26.2 Å². The van der Waals surface area contributed by atoms with Gasteiger partial charge >= 0.3 is 5.97 Å². The van der Waals surface area contributed by atoms with Gasteiger partial charge in [-0.2, -0.15) is 5.10 Å². The molecule has 1 amide bonds. The maximum Gasteiger partial charge on any atom is 0.313 e. The molecule has 4 rings (SSSR count). The molecule has 2 atom stereocenters. The molecule has 3 fully saturated rings. The van der Waals surface area contributed by atoms with E-state index in [1.165, 1.54) is 32.3 Å². The van der Waals surface area contributed by atoms with Crippen LogP contribution in [0.2, 0.25) is 0 Å². The zero-order valence-corrected chi connectivity index (χ0v) is 15.6. The number of hydrogen-bond donors (Lipinski definition) is 2. The van der Waals surface area contributed by atoms with Crippen molar-refractivity contribution in [3.63, 3.8) is 0 Å². The maximum atomic E-state index is 12.8. The molecule has 1 saturated carbocycles. The number of hydrogen-bond acceptors (Lipinski definition) is 5. The Morgan fingerprint density at radius 3 is 2.52 bits per heavy atom. The molecule has 2 aliphatic heterocycles. The quantitative estimate of drug-likeness (QED) is 0.772. The highest BCUT2D eigenvalue weighted by molar-refractivity contribution is 5.98. The summed E-state index contributed by atoms with van der Waals surface area (Å²) in [5.74, 6) is -1.37. The van der Waals surface area contributed by atoms with Crippen LogP contribution < -0.4 is 0 Å². The lowest BCUT2D eigenvalue weighted by Gasteiger charge is -2.33. The smallest absolute Gasteiger partial charge is 0.313 e. The van der Waals surface area contributed by atoms with Crippen molar-refractivity contribution >= 4 is 17.7 Å². The van der Waals surface area contributed by atoms with Gasteiger partial charge in [0.05, 0.1) is 0 Å². The van der Waals surface area contributed by atoms with Gasteiger partial charge in [0.1, 0.15) is 16.8 Å². The fourth-order valence-corrected chi connectivity index (χ4v) is 5.07. The van der Waals surface area contributed by atoms with Gasteiger partial charge < -0.3 is 10.0 Å². The van der Waals surface area contributed by atoms with Gasteiger partial charge in [0.2, 0.25) is 0 Å². The third-order valence-corrected chi connectivity index (χ3v) is 6.61. The number of ketones is 1. The summed E-state index contributed by atoms with van der Waals surface area (Å²) < 4.78 is 0. The van der Waals surface area contributed by atoms with E-state index in [0.29, 0.717) is 19.1 Å². The molecule has 2 saturated heterocycles. The van der Waals surface area contributed by atoms with Gasteiger partial charge in [0.15, 0.2) is 5.78 Å². The summed E-state index contributed by atoms with van der Waals surface area (Å²) in [6.45, 7) is 3.29. The molecule has 3 heterocycles. The van der Waals surface area contributed by atoms with E-state index in [9.17, 15) is 19.5 Å². The molecule has 8 nitrogen and oxygen atoms in total. The minimum Gasteiger partial charge on any atom is -0.481 e. The minimum atomic E-state index is -0.892. The van der Waals surface area contributed by atoms with Crippen LogP contribution in [0, 0.1) is 11.3 Å². The van der Waals surface area contributed by atoms with Gasteiger partial charge in [-0.25, -0.2) is 0 Å². The largest absolute Gasteiger partial charge is 0.481 e. The standard InChI is InChI=1S/C19H26N4O4/c1-12(24)15-7-16(21-20-15)17(25)23-9-13-8-22(14-5-3-2-4-6-14)10-19(13,11-23)18(26)27/h7,13-14H,2-6,8-11H2,1H3,(H,20,21)(H,26,27)/t13-,19-/m1/s1. The molecular weight excluding hydrogens is 348 g/mol. The summed E-state index contributed by atoms with van der Waals surface area (Å²) in [6, 6.07) is 1.93. The second-order valence-electron chi connectivity index (χ2n) is 8.29. The number of nitrogens with one attached hydrogen (secondary N) is 1. The number of carbonyl (C=O) groups is 3. The van der Waals surface area contributed by atoms with Crippen LogP contribution in [0.5, 0.6) is 0 Å². The molecule has 1 aliphatic carbocycles. The van der Waals surface area contributed by atoms with E-state index in [-0.39, 0.29) is 35.5 Å². The Kier molecular flexibility index (Phi) is 4.53. The Hall–Kier alpha value is -2.22. The number of carboxylic acid groups (broad SMARTS) is 1. The van der Waals surface area contributed by atoms with Crippen LogP contribution in [-0.4, -0.2) is 75.0 Å². The van der Waals surface area contributed by atoms with Crippen LogP contribution in [0.4, 0.5) is 0 Å². The predicted octanol–water partition coefficient (Wildman–Crippen LogP) is 1.40. The van der Waals surface area contributed by atoms with Crippen LogP contribution in [0.15, 0.2) is 6.07 Å². The summed E-state index contributed by atoms with van der Waals surface area (Å²) in [5.41, 5.74) is -0.435. The number of carboxylic acids is 1. The second-order valence-corrected chi connectivity index (χ2v) is 8.29. The number of aromatic nitrogens is 2. The van der Waals surface area contributed by atoms with E-state index in [1.54, 1.807) is 4.90 Å². The van der Waals surface area contributed by atoms with Crippen LogP contribution in [-0.2, 0) is 4.79 Å². The molecule has 0 spiro atoms. The van der Waals surface area contributed by atoms with Crippen LogP contribution in [0.1, 0.15) is 60.0 Å². The zero-order valence-electron chi connectivity index (χ0n) is 15.6. The van der Waals surface area contributed by atoms with E-state index in [2.05, 4.69) is 15.1 Å². The molecule has 0 bridgehead atoms. The lowest BCUT2D eigenvalue weighted by atomic mass is 9.81. The molecule has 2 N–H and O–H groups in total.